The molecule has 0 saturated carbocycles. The van der Waals surface area contributed by atoms with E-state index in [-0.39, 0.29) is 5.91 Å². The Morgan fingerprint density at radius 3 is 3.00 bits per heavy atom. The van der Waals surface area contributed by atoms with Crippen LogP contribution in [0.2, 0.25) is 0 Å². The molecular formula is C16H13N5O2S2. The molecule has 25 heavy (non-hydrogen) atoms. The number of hydrogen-bond acceptors (Lipinski definition) is 7. The van der Waals surface area contributed by atoms with Crippen molar-refractivity contribution in [2.24, 2.45) is 0 Å². The number of aromatic amines is 1. The van der Waals surface area contributed by atoms with Gasteiger partial charge in [-0.05, 0) is 13.0 Å². The average Bonchev–Trinajstić information content (AvgIpc) is 3.33. The molecule has 0 aliphatic heterocycles. The number of amides is 1. The Morgan fingerprint density at radius 1 is 1.36 bits per heavy atom. The van der Waals surface area contributed by atoms with Gasteiger partial charge in [0.15, 0.2) is 16.0 Å². The first-order chi connectivity index (χ1) is 12.2. The van der Waals surface area contributed by atoms with Crippen LogP contribution < -0.4 is 5.32 Å². The van der Waals surface area contributed by atoms with Gasteiger partial charge in [0.25, 0.3) is 5.91 Å². The van der Waals surface area contributed by atoms with E-state index in [1.54, 1.807) is 6.20 Å². The lowest BCUT2D eigenvalue weighted by molar-refractivity contribution is 0.0998. The number of nitrogens with one attached hydrogen (secondary N) is 2. The molecule has 4 rings (SSSR count). The molecular weight excluding hydrogens is 358 g/mol. The SMILES string of the molecule is Cc1cnc(NC(=O)c2oc3ccccc3c2CSc2ncn[nH]2)s1. The molecule has 126 valence electrons. The van der Waals surface area contributed by atoms with Gasteiger partial charge in [-0.25, -0.2) is 9.97 Å². The third-order valence-electron chi connectivity index (χ3n) is 3.49. The number of thioether (sulfide) groups is 1. The Hall–Kier alpha value is -2.65. The zero-order valence-corrected chi connectivity index (χ0v) is 14.8. The topological polar surface area (TPSA) is 96.7 Å². The minimum absolute atomic E-state index is 0.293. The van der Waals surface area contributed by atoms with Gasteiger partial charge < -0.3 is 4.42 Å². The molecule has 0 saturated heterocycles. The largest absolute Gasteiger partial charge is 0.451 e. The van der Waals surface area contributed by atoms with Crippen LogP contribution in [0.25, 0.3) is 11.0 Å². The van der Waals surface area contributed by atoms with Gasteiger partial charge in [0.05, 0.1) is 0 Å². The summed E-state index contributed by atoms with van der Waals surface area (Å²) in [7, 11) is 0. The number of fused-ring (bicyclic) bond motifs is 1. The highest BCUT2D eigenvalue weighted by molar-refractivity contribution is 7.98. The predicted molar refractivity (Wildman–Crippen MR) is 97.0 cm³/mol. The zero-order valence-electron chi connectivity index (χ0n) is 13.1. The first-order valence-corrected chi connectivity index (χ1v) is 9.23. The van der Waals surface area contributed by atoms with Crippen LogP contribution in [-0.2, 0) is 5.75 Å². The summed E-state index contributed by atoms with van der Waals surface area (Å²) in [5, 5.41) is 11.6. The first-order valence-electron chi connectivity index (χ1n) is 7.43. The summed E-state index contributed by atoms with van der Waals surface area (Å²) < 4.78 is 5.82. The minimum Gasteiger partial charge on any atom is -0.451 e. The zero-order chi connectivity index (χ0) is 17.2. The van der Waals surface area contributed by atoms with Crippen molar-refractivity contribution in [3.63, 3.8) is 0 Å². The van der Waals surface area contributed by atoms with Crippen molar-refractivity contribution in [1.82, 2.24) is 20.2 Å². The lowest BCUT2D eigenvalue weighted by Crippen LogP contribution is -2.12. The highest BCUT2D eigenvalue weighted by atomic mass is 32.2. The fraction of sp³-hybridized carbons (Fsp3) is 0.125. The molecule has 0 unspecified atom stereocenters. The van der Waals surface area contributed by atoms with Gasteiger partial charge in [-0.2, -0.15) is 5.10 Å². The van der Waals surface area contributed by atoms with Crippen LogP contribution in [0.3, 0.4) is 0 Å². The van der Waals surface area contributed by atoms with Crippen molar-refractivity contribution in [3.8, 4) is 0 Å². The lowest BCUT2D eigenvalue weighted by atomic mass is 10.1. The quantitative estimate of drug-likeness (QED) is 0.517. The molecule has 0 spiro atoms. The third-order valence-corrected chi connectivity index (χ3v) is 5.22. The monoisotopic (exact) mass is 371 g/mol. The number of rotatable bonds is 5. The van der Waals surface area contributed by atoms with Crippen molar-refractivity contribution in [2.75, 3.05) is 5.32 Å². The molecule has 1 aromatic carbocycles. The van der Waals surface area contributed by atoms with E-state index in [0.717, 1.165) is 15.8 Å². The molecule has 0 aliphatic carbocycles. The third kappa shape index (κ3) is 3.28. The van der Waals surface area contributed by atoms with Gasteiger partial charge in [0.2, 0.25) is 0 Å². The number of para-hydroxylation sites is 1. The van der Waals surface area contributed by atoms with Crippen LogP contribution in [0.1, 0.15) is 21.0 Å². The predicted octanol–water partition coefficient (Wildman–Crippen LogP) is 3.86. The van der Waals surface area contributed by atoms with E-state index in [1.165, 1.54) is 29.4 Å². The second kappa shape index (κ2) is 6.69. The van der Waals surface area contributed by atoms with E-state index in [4.69, 9.17) is 4.42 Å². The molecule has 0 radical (unpaired) electrons. The summed E-state index contributed by atoms with van der Waals surface area (Å²) in [6.45, 7) is 1.94. The molecule has 0 bridgehead atoms. The Kier molecular flexibility index (Phi) is 4.24. The van der Waals surface area contributed by atoms with Crippen molar-refractivity contribution in [2.45, 2.75) is 17.8 Å². The summed E-state index contributed by atoms with van der Waals surface area (Å²) in [4.78, 5) is 22.0. The number of H-pyrrole nitrogens is 1. The van der Waals surface area contributed by atoms with Gasteiger partial charge in [-0.1, -0.05) is 30.0 Å². The molecule has 4 aromatic rings. The molecule has 7 nitrogen and oxygen atoms in total. The standard InChI is InChI=1S/C16H13N5O2S2/c1-9-6-17-15(25-9)20-14(22)13-11(7-24-16-18-8-19-21-16)10-4-2-3-5-12(10)23-13/h2-6,8H,7H2,1H3,(H,17,20,22)(H,18,19,21). The van der Waals surface area contributed by atoms with Gasteiger partial charge in [0, 0.05) is 27.8 Å². The summed E-state index contributed by atoms with van der Waals surface area (Å²) >= 11 is 2.88. The van der Waals surface area contributed by atoms with Crippen LogP contribution in [0.4, 0.5) is 5.13 Å². The fourth-order valence-corrected chi connectivity index (χ4v) is 3.86. The van der Waals surface area contributed by atoms with Crippen LogP contribution in [0.5, 0.6) is 0 Å². The number of carbonyl (C=O) groups excluding carboxylic acids is 1. The van der Waals surface area contributed by atoms with Crippen LogP contribution >= 0.6 is 23.1 Å². The number of aromatic nitrogens is 4. The van der Waals surface area contributed by atoms with Crippen LogP contribution in [-0.4, -0.2) is 26.1 Å². The highest BCUT2D eigenvalue weighted by Gasteiger charge is 2.21. The Bertz CT molecular complexity index is 1020. The molecule has 1 amide bonds. The highest BCUT2D eigenvalue weighted by Crippen LogP contribution is 2.31. The maximum atomic E-state index is 12.7. The van der Waals surface area contributed by atoms with Crippen molar-refractivity contribution in [1.29, 1.82) is 0 Å². The number of furan rings is 1. The van der Waals surface area contributed by atoms with Gasteiger partial charge in [-0.15, -0.1) is 11.3 Å². The van der Waals surface area contributed by atoms with E-state index in [9.17, 15) is 4.79 Å². The number of anilines is 1. The summed E-state index contributed by atoms with van der Waals surface area (Å²) in [5.41, 5.74) is 1.50. The minimum atomic E-state index is -0.307. The molecule has 3 heterocycles. The molecule has 0 fully saturated rings. The average molecular weight is 371 g/mol. The lowest BCUT2D eigenvalue weighted by Gasteiger charge is -2.02. The smallest absolute Gasteiger partial charge is 0.293 e. The van der Waals surface area contributed by atoms with Crippen molar-refractivity contribution in [3.05, 3.63) is 53.0 Å². The van der Waals surface area contributed by atoms with Gasteiger partial charge in [-0.3, -0.25) is 15.2 Å². The summed E-state index contributed by atoms with van der Waals surface area (Å²) in [5.74, 6) is 0.520. The Morgan fingerprint density at radius 2 is 2.24 bits per heavy atom. The number of carbonyl (C=O) groups is 1. The normalized spacial score (nSPS) is 11.1. The maximum absolute atomic E-state index is 12.7. The van der Waals surface area contributed by atoms with E-state index >= 15 is 0 Å². The summed E-state index contributed by atoms with van der Waals surface area (Å²) in [6, 6.07) is 7.60. The van der Waals surface area contributed by atoms with Crippen molar-refractivity contribution >= 4 is 45.1 Å². The van der Waals surface area contributed by atoms with E-state index in [0.29, 0.717) is 27.4 Å². The van der Waals surface area contributed by atoms with E-state index in [1.807, 2.05) is 31.2 Å². The maximum Gasteiger partial charge on any atom is 0.293 e. The van der Waals surface area contributed by atoms with Crippen LogP contribution in [0.15, 0.2) is 46.4 Å². The van der Waals surface area contributed by atoms with Gasteiger partial charge >= 0.3 is 0 Å². The van der Waals surface area contributed by atoms with E-state index in [2.05, 4.69) is 25.5 Å². The number of aryl methyl sites for hydroxylation is 1. The Labute approximate surface area is 150 Å². The van der Waals surface area contributed by atoms with E-state index < -0.39 is 0 Å². The Balaban J connectivity index is 1.66. The number of hydrogen-bond donors (Lipinski definition) is 2. The number of benzene rings is 1. The summed E-state index contributed by atoms with van der Waals surface area (Å²) in [6.07, 6.45) is 3.17. The molecule has 3 aromatic heterocycles. The van der Waals surface area contributed by atoms with Gasteiger partial charge in [0.1, 0.15) is 11.9 Å². The molecule has 0 atom stereocenters. The number of thiazole rings is 1. The number of nitrogens with zero attached hydrogens (tertiary/aromatic N) is 3. The molecule has 0 aliphatic rings. The molecule has 2 N–H and O–H groups in total. The van der Waals surface area contributed by atoms with Crippen LogP contribution in [0, 0.1) is 6.92 Å². The van der Waals surface area contributed by atoms with Crippen molar-refractivity contribution < 1.29 is 9.21 Å². The molecule has 9 heteroatoms. The first kappa shape index (κ1) is 15.9. The fourth-order valence-electron chi connectivity index (χ4n) is 2.40. The second-order valence-corrected chi connectivity index (χ2v) is 7.41. The second-order valence-electron chi connectivity index (χ2n) is 5.22.